The highest BCUT2D eigenvalue weighted by atomic mass is 79.9. The second-order valence-electron chi connectivity index (χ2n) is 2.96. The van der Waals surface area contributed by atoms with Crippen molar-refractivity contribution in [1.29, 1.82) is 0 Å². The molecule has 2 nitrogen and oxygen atoms in total. The van der Waals surface area contributed by atoms with Gasteiger partial charge in [0.25, 0.3) is 5.91 Å². The molecule has 1 aromatic rings. The summed E-state index contributed by atoms with van der Waals surface area (Å²) in [4.78, 5) is 14.9. The molecule has 1 amide bonds. The summed E-state index contributed by atoms with van der Waals surface area (Å²) in [7, 11) is 0. The average Bonchev–Trinajstić information content (AvgIpc) is 2.56. The summed E-state index contributed by atoms with van der Waals surface area (Å²) in [5, 5.41) is 0.918. The molecule has 4 heteroatoms. The molecule has 0 aliphatic carbocycles. The summed E-state index contributed by atoms with van der Waals surface area (Å²) in [6.45, 7) is 0. The van der Waals surface area contributed by atoms with E-state index in [0.29, 0.717) is 5.75 Å². The molecule has 1 aromatic carbocycles. The van der Waals surface area contributed by atoms with Crippen molar-refractivity contribution >= 4 is 38.6 Å². The van der Waals surface area contributed by atoms with Gasteiger partial charge in [-0.25, -0.2) is 4.99 Å². The molecular formula is C10H8BrNOS. The van der Waals surface area contributed by atoms with Gasteiger partial charge in [-0.1, -0.05) is 34.1 Å². The van der Waals surface area contributed by atoms with Crippen molar-refractivity contribution in [3.05, 3.63) is 34.3 Å². The van der Waals surface area contributed by atoms with Crippen LogP contribution in [0.25, 0.3) is 0 Å². The molecule has 0 N–H and O–H groups in total. The fraction of sp³-hybridized carbons (Fsp3) is 0.200. The van der Waals surface area contributed by atoms with Crippen molar-refractivity contribution in [3.63, 3.8) is 0 Å². The number of benzene rings is 1. The molecule has 0 aromatic heterocycles. The lowest BCUT2D eigenvalue weighted by atomic mass is 10.2. The Labute approximate surface area is 94.9 Å². The maximum atomic E-state index is 10.9. The molecule has 0 radical (unpaired) electrons. The van der Waals surface area contributed by atoms with Gasteiger partial charge in [0.1, 0.15) is 0 Å². The van der Waals surface area contributed by atoms with E-state index in [4.69, 9.17) is 0 Å². The maximum Gasteiger partial charge on any atom is 0.256 e. The van der Waals surface area contributed by atoms with E-state index >= 15 is 0 Å². The Bertz CT molecular complexity index is 403. The van der Waals surface area contributed by atoms with E-state index in [9.17, 15) is 4.79 Å². The number of thioether (sulfide) groups is 1. The van der Waals surface area contributed by atoms with Gasteiger partial charge in [-0.3, -0.25) is 4.79 Å². The number of hydrogen-bond donors (Lipinski definition) is 0. The first-order valence-electron chi connectivity index (χ1n) is 4.22. The second-order valence-corrected chi connectivity index (χ2v) is 4.86. The van der Waals surface area contributed by atoms with Gasteiger partial charge in [0.2, 0.25) is 0 Å². The third kappa shape index (κ3) is 2.25. The molecule has 72 valence electrons. The highest BCUT2D eigenvalue weighted by Gasteiger charge is 2.15. The number of hydrogen-bond acceptors (Lipinski definition) is 2. The Hall–Kier alpha value is -0.610. The lowest BCUT2D eigenvalue weighted by Crippen LogP contribution is -1.95. The molecule has 1 aliphatic rings. The molecular weight excluding hydrogens is 262 g/mol. The predicted octanol–water partition coefficient (Wildman–Crippen LogP) is 2.66. The monoisotopic (exact) mass is 269 g/mol. The predicted molar refractivity (Wildman–Crippen MR) is 62.7 cm³/mol. The second kappa shape index (κ2) is 4.28. The van der Waals surface area contributed by atoms with E-state index in [0.717, 1.165) is 15.9 Å². The van der Waals surface area contributed by atoms with Gasteiger partial charge in [-0.05, 0) is 11.6 Å². The molecule has 1 aliphatic heterocycles. The maximum absolute atomic E-state index is 10.9. The Morgan fingerprint density at radius 2 is 2.21 bits per heavy atom. The largest absolute Gasteiger partial charge is 0.272 e. The van der Waals surface area contributed by atoms with Gasteiger partial charge in [-0.2, -0.15) is 0 Å². The molecule has 14 heavy (non-hydrogen) atoms. The van der Waals surface area contributed by atoms with Crippen LogP contribution in [-0.2, 0) is 11.2 Å². The zero-order valence-electron chi connectivity index (χ0n) is 7.37. The van der Waals surface area contributed by atoms with Gasteiger partial charge in [0, 0.05) is 10.9 Å². The van der Waals surface area contributed by atoms with Crippen LogP contribution >= 0.6 is 27.7 Å². The number of halogens is 1. The van der Waals surface area contributed by atoms with Crippen molar-refractivity contribution < 1.29 is 4.79 Å². The molecule has 2 rings (SSSR count). The van der Waals surface area contributed by atoms with E-state index < -0.39 is 0 Å². The number of aliphatic imine (C=N–C) groups is 1. The highest BCUT2D eigenvalue weighted by Crippen LogP contribution is 2.22. The minimum absolute atomic E-state index is 0.0166. The van der Waals surface area contributed by atoms with Crippen LogP contribution in [0.2, 0.25) is 0 Å². The van der Waals surface area contributed by atoms with Crippen molar-refractivity contribution in [2.24, 2.45) is 4.99 Å². The number of nitrogens with zero attached hydrogens (tertiary/aromatic N) is 1. The van der Waals surface area contributed by atoms with Gasteiger partial charge in [0.05, 0.1) is 10.8 Å². The standard InChI is InChI=1S/C10H8BrNOS/c11-8-4-2-1-3-7(8)5-10-12-9(13)6-14-10/h1-4H,5-6H2. The van der Waals surface area contributed by atoms with Crippen LogP contribution in [0, 0.1) is 0 Å². The molecule has 0 fully saturated rings. The normalized spacial score (nSPS) is 15.8. The van der Waals surface area contributed by atoms with Crippen LogP contribution in [0.15, 0.2) is 33.7 Å². The average molecular weight is 270 g/mol. The van der Waals surface area contributed by atoms with E-state index in [1.54, 1.807) is 0 Å². The summed E-state index contributed by atoms with van der Waals surface area (Å²) in [5.41, 5.74) is 1.17. The topological polar surface area (TPSA) is 29.4 Å². The van der Waals surface area contributed by atoms with Gasteiger partial charge >= 0.3 is 0 Å². The number of rotatable bonds is 2. The van der Waals surface area contributed by atoms with Crippen molar-refractivity contribution in [2.45, 2.75) is 6.42 Å². The Kier molecular flexibility index (Phi) is 3.03. The molecule has 0 saturated heterocycles. The van der Waals surface area contributed by atoms with Crippen LogP contribution in [0.1, 0.15) is 5.56 Å². The first-order valence-corrected chi connectivity index (χ1v) is 6.00. The molecule has 0 spiro atoms. The first kappa shape index (κ1) is 9.93. The molecule has 0 unspecified atom stereocenters. The highest BCUT2D eigenvalue weighted by molar-refractivity contribution is 9.10. The van der Waals surface area contributed by atoms with Crippen LogP contribution in [0.5, 0.6) is 0 Å². The Balaban J connectivity index is 2.15. The van der Waals surface area contributed by atoms with Crippen molar-refractivity contribution in [3.8, 4) is 0 Å². The van der Waals surface area contributed by atoms with E-state index in [1.807, 2.05) is 24.3 Å². The summed E-state index contributed by atoms with van der Waals surface area (Å²) in [5.74, 6) is 0.483. The Morgan fingerprint density at radius 3 is 2.86 bits per heavy atom. The zero-order chi connectivity index (χ0) is 9.97. The van der Waals surface area contributed by atoms with Crippen LogP contribution in [0.4, 0.5) is 0 Å². The Morgan fingerprint density at radius 1 is 1.43 bits per heavy atom. The fourth-order valence-corrected chi connectivity index (χ4v) is 2.45. The summed E-state index contributed by atoms with van der Waals surface area (Å²) in [6, 6.07) is 8.00. The first-order chi connectivity index (χ1) is 6.75. The van der Waals surface area contributed by atoms with Crippen LogP contribution < -0.4 is 0 Å². The SMILES string of the molecule is O=C1CSC(Cc2ccccc2Br)=N1. The van der Waals surface area contributed by atoms with Crippen molar-refractivity contribution in [2.75, 3.05) is 5.75 Å². The molecule has 0 atom stereocenters. The minimum Gasteiger partial charge on any atom is -0.272 e. The lowest BCUT2D eigenvalue weighted by molar-refractivity contribution is -0.115. The number of amides is 1. The quantitative estimate of drug-likeness (QED) is 0.826. The third-order valence-electron chi connectivity index (χ3n) is 1.91. The third-order valence-corrected chi connectivity index (χ3v) is 3.64. The van der Waals surface area contributed by atoms with Gasteiger partial charge in [0.15, 0.2) is 0 Å². The fourth-order valence-electron chi connectivity index (χ4n) is 1.24. The number of carbonyl (C=O) groups excluding carboxylic acids is 1. The van der Waals surface area contributed by atoms with Gasteiger partial charge in [-0.15, -0.1) is 11.8 Å². The lowest BCUT2D eigenvalue weighted by Gasteiger charge is -2.02. The number of carbonyl (C=O) groups is 1. The smallest absolute Gasteiger partial charge is 0.256 e. The minimum atomic E-state index is -0.0166. The van der Waals surface area contributed by atoms with Gasteiger partial charge < -0.3 is 0 Å². The summed E-state index contributed by atoms with van der Waals surface area (Å²) >= 11 is 5.00. The van der Waals surface area contributed by atoms with E-state index in [1.165, 1.54) is 17.3 Å². The van der Waals surface area contributed by atoms with Crippen LogP contribution in [0.3, 0.4) is 0 Å². The zero-order valence-corrected chi connectivity index (χ0v) is 9.77. The summed E-state index contributed by atoms with van der Waals surface area (Å²) < 4.78 is 1.07. The summed E-state index contributed by atoms with van der Waals surface area (Å²) in [6.07, 6.45) is 0.748. The molecule has 1 heterocycles. The molecule has 0 saturated carbocycles. The molecule has 0 bridgehead atoms. The van der Waals surface area contributed by atoms with E-state index in [2.05, 4.69) is 20.9 Å². The van der Waals surface area contributed by atoms with E-state index in [-0.39, 0.29) is 5.91 Å². The van der Waals surface area contributed by atoms with Crippen LogP contribution in [-0.4, -0.2) is 16.7 Å². The van der Waals surface area contributed by atoms with Crippen molar-refractivity contribution in [1.82, 2.24) is 0 Å².